The molecular formula is C17H19N5O3S2. The van der Waals surface area contributed by atoms with Gasteiger partial charge in [0.2, 0.25) is 10.0 Å². The number of allylic oxidation sites excluding steroid dienone is 1. The average molecular weight is 406 g/mol. The fourth-order valence-corrected chi connectivity index (χ4v) is 4.44. The van der Waals surface area contributed by atoms with E-state index in [9.17, 15) is 13.2 Å². The summed E-state index contributed by atoms with van der Waals surface area (Å²) in [7, 11) is -3.81. The number of carbonyl (C=O) groups is 1. The average Bonchev–Trinajstić information content (AvgIpc) is 3.06. The Morgan fingerprint density at radius 2 is 2.11 bits per heavy atom. The maximum atomic E-state index is 12.4. The monoisotopic (exact) mass is 405 g/mol. The Kier molecular flexibility index (Phi) is 5.13. The van der Waals surface area contributed by atoms with Crippen LogP contribution in [0.2, 0.25) is 0 Å². The van der Waals surface area contributed by atoms with E-state index >= 15 is 0 Å². The van der Waals surface area contributed by atoms with E-state index in [1.165, 1.54) is 23.5 Å². The number of aromatic nitrogens is 3. The molecule has 0 bridgehead atoms. The Morgan fingerprint density at radius 1 is 1.37 bits per heavy atom. The predicted molar refractivity (Wildman–Crippen MR) is 104 cm³/mol. The van der Waals surface area contributed by atoms with E-state index in [0.29, 0.717) is 16.0 Å². The number of sulfonamides is 1. The van der Waals surface area contributed by atoms with Gasteiger partial charge in [-0.05, 0) is 38.1 Å². The third-order valence-electron chi connectivity index (χ3n) is 3.90. The highest BCUT2D eigenvalue weighted by Crippen LogP contribution is 2.21. The Hall–Kier alpha value is -2.56. The number of primary sulfonamides is 1. The van der Waals surface area contributed by atoms with Crippen molar-refractivity contribution in [3.63, 3.8) is 0 Å². The van der Waals surface area contributed by atoms with Crippen LogP contribution in [0.15, 0.2) is 46.8 Å². The van der Waals surface area contributed by atoms with Crippen molar-refractivity contribution in [1.82, 2.24) is 14.3 Å². The van der Waals surface area contributed by atoms with Gasteiger partial charge in [0.25, 0.3) is 5.91 Å². The molecule has 8 nitrogen and oxygen atoms in total. The maximum absolute atomic E-state index is 12.4. The van der Waals surface area contributed by atoms with Crippen LogP contribution in [0, 0.1) is 13.8 Å². The highest BCUT2D eigenvalue weighted by molar-refractivity contribution is 7.89. The van der Waals surface area contributed by atoms with Gasteiger partial charge in [-0.1, -0.05) is 17.4 Å². The number of thiazole rings is 1. The van der Waals surface area contributed by atoms with Gasteiger partial charge in [-0.25, -0.2) is 13.6 Å². The fraction of sp³-hybridized carbons (Fsp3) is 0.235. The second-order valence-electron chi connectivity index (χ2n) is 6.05. The van der Waals surface area contributed by atoms with Crippen LogP contribution < -0.4 is 9.94 Å². The molecule has 0 aliphatic heterocycles. The Labute approximate surface area is 160 Å². The Bertz CT molecular complexity index is 1220. The maximum Gasteiger partial charge on any atom is 0.270 e. The van der Waals surface area contributed by atoms with Gasteiger partial charge in [-0.15, -0.1) is 6.58 Å². The van der Waals surface area contributed by atoms with Crippen molar-refractivity contribution in [3.8, 4) is 0 Å². The lowest BCUT2D eigenvalue weighted by Gasteiger charge is -2.03. The predicted octanol–water partition coefficient (Wildman–Crippen LogP) is 1.48. The molecule has 0 spiro atoms. The third kappa shape index (κ3) is 4.07. The summed E-state index contributed by atoms with van der Waals surface area (Å²) in [5.74, 6) is -0.350. The first-order valence-corrected chi connectivity index (χ1v) is 10.4. The Morgan fingerprint density at radius 3 is 2.70 bits per heavy atom. The van der Waals surface area contributed by atoms with E-state index in [2.05, 4.69) is 16.7 Å². The van der Waals surface area contributed by atoms with E-state index in [0.717, 1.165) is 16.9 Å². The van der Waals surface area contributed by atoms with E-state index in [-0.39, 0.29) is 17.3 Å². The molecule has 0 radical (unpaired) electrons. The highest BCUT2D eigenvalue weighted by atomic mass is 32.2. The number of carbonyl (C=O) groups excluding carboxylic acids is 1. The van der Waals surface area contributed by atoms with E-state index in [1.807, 2.05) is 19.9 Å². The fourth-order valence-electron chi connectivity index (χ4n) is 2.73. The first kappa shape index (κ1) is 19.2. The molecule has 3 rings (SSSR count). The molecule has 1 amide bonds. The van der Waals surface area contributed by atoms with Gasteiger partial charge in [-0.3, -0.25) is 9.48 Å². The number of nitrogens with zero attached hydrogens (tertiary/aromatic N) is 4. The number of hydrogen-bond acceptors (Lipinski definition) is 5. The normalized spacial score (nSPS) is 12.6. The molecule has 0 atom stereocenters. The summed E-state index contributed by atoms with van der Waals surface area (Å²) >= 11 is 1.22. The number of fused-ring (bicyclic) bond motifs is 1. The van der Waals surface area contributed by atoms with Crippen molar-refractivity contribution in [1.29, 1.82) is 0 Å². The SMILES string of the molecule is C=CCn1c(=NC(=O)Cn2nc(C)cc2C)sc2cc(S(N)(=O)=O)ccc21. The quantitative estimate of drug-likeness (QED) is 0.648. The number of rotatable bonds is 5. The molecule has 2 N–H and O–H groups in total. The zero-order chi connectivity index (χ0) is 19.8. The van der Waals surface area contributed by atoms with Crippen molar-refractivity contribution < 1.29 is 13.2 Å². The van der Waals surface area contributed by atoms with Crippen LogP contribution in [0.3, 0.4) is 0 Å². The lowest BCUT2D eigenvalue weighted by Crippen LogP contribution is -2.19. The van der Waals surface area contributed by atoms with Crippen LogP contribution in [0.25, 0.3) is 10.2 Å². The molecule has 0 fully saturated rings. The molecule has 27 heavy (non-hydrogen) atoms. The number of aryl methyl sites for hydroxylation is 2. The molecule has 0 unspecified atom stereocenters. The number of benzene rings is 1. The van der Waals surface area contributed by atoms with Gasteiger partial charge in [0.05, 0.1) is 20.8 Å². The summed E-state index contributed by atoms with van der Waals surface area (Å²) in [6, 6.07) is 6.46. The van der Waals surface area contributed by atoms with Crippen LogP contribution >= 0.6 is 11.3 Å². The minimum Gasteiger partial charge on any atom is -0.313 e. The van der Waals surface area contributed by atoms with Crippen LogP contribution in [-0.4, -0.2) is 28.7 Å². The molecule has 10 heteroatoms. The van der Waals surface area contributed by atoms with E-state index < -0.39 is 10.0 Å². The molecule has 0 saturated heterocycles. The molecule has 142 valence electrons. The second kappa shape index (κ2) is 7.22. The molecule has 2 aromatic heterocycles. The van der Waals surface area contributed by atoms with Gasteiger partial charge in [0.15, 0.2) is 4.80 Å². The molecule has 0 aliphatic carbocycles. The van der Waals surface area contributed by atoms with Crippen LogP contribution in [-0.2, 0) is 27.9 Å². The molecule has 0 saturated carbocycles. The molecule has 0 aliphatic rings. The first-order chi connectivity index (χ1) is 12.7. The second-order valence-corrected chi connectivity index (χ2v) is 8.62. The van der Waals surface area contributed by atoms with Gasteiger partial charge in [0.1, 0.15) is 6.54 Å². The summed E-state index contributed by atoms with van der Waals surface area (Å²) in [6.07, 6.45) is 1.68. The van der Waals surface area contributed by atoms with Crippen molar-refractivity contribution in [3.05, 3.63) is 53.1 Å². The largest absolute Gasteiger partial charge is 0.313 e. The lowest BCUT2D eigenvalue weighted by atomic mass is 10.3. The topological polar surface area (TPSA) is 112 Å². The zero-order valence-electron chi connectivity index (χ0n) is 14.9. The molecule has 1 aromatic carbocycles. The van der Waals surface area contributed by atoms with Crippen molar-refractivity contribution >= 4 is 37.5 Å². The molecule has 2 heterocycles. The van der Waals surface area contributed by atoms with Crippen LogP contribution in [0.4, 0.5) is 0 Å². The van der Waals surface area contributed by atoms with E-state index in [4.69, 9.17) is 5.14 Å². The van der Waals surface area contributed by atoms with Gasteiger partial charge < -0.3 is 4.57 Å². The van der Waals surface area contributed by atoms with E-state index in [1.54, 1.807) is 21.4 Å². The standard InChI is InChI=1S/C17H19N5O3S2/c1-4-7-21-14-6-5-13(27(18,24)25)9-15(14)26-17(21)19-16(23)10-22-12(3)8-11(2)20-22/h4-6,8-9H,1,7,10H2,2-3H3,(H2,18,24,25). The lowest BCUT2D eigenvalue weighted by molar-refractivity contribution is -0.118. The Balaban J connectivity index is 2.07. The summed E-state index contributed by atoms with van der Waals surface area (Å²) in [5.41, 5.74) is 2.47. The third-order valence-corrected chi connectivity index (χ3v) is 5.86. The van der Waals surface area contributed by atoms with Crippen molar-refractivity contribution in [2.45, 2.75) is 31.8 Å². The zero-order valence-corrected chi connectivity index (χ0v) is 16.5. The summed E-state index contributed by atoms with van der Waals surface area (Å²) in [5, 5.41) is 9.47. The van der Waals surface area contributed by atoms with Gasteiger partial charge in [0, 0.05) is 12.2 Å². The molecule has 3 aromatic rings. The number of amides is 1. The van der Waals surface area contributed by atoms with Gasteiger partial charge in [-0.2, -0.15) is 10.1 Å². The highest BCUT2D eigenvalue weighted by Gasteiger charge is 2.13. The van der Waals surface area contributed by atoms with Gasteiger partial charge >= 0.3 is 0 Å². The van der Waals surface area contributed by atoms with Crippen molar-refractivity contribution in [2.75, 3.05) is 0 Å². The van der Waals surface area contributed by atoms with Crippen LogP contribution in [0.5, 0.6) is 0 Å². The first-order valence-electron chi connectivity index (χ1n) is 8.05. The number of nitrogens with two attached hydrogens (primary N) is 1. The summed E-state index contributed by atoms with van der Waals surface area (Å²) in [6.45, 7) is 7.93. The summed E-state index contributed by atoms with van der Waals surface area (Å²) < 4.78 is 27.2. The smallest absolute Gasteiger partial charge is 0.270 e. The minimum atomic E-state index is -3.81. The minimum absolute atomic E-state index is 0.0162. The van der Waals surface area contributed by atoms with Crippen molar-refractivity contribution in [2.24, 2.45) is 10.1 Å². The molecular weight excluding hydrogens is 386 g/mol. The van der Waals surface area contributed by atoms with Crippen LogP contribution in [0.1, 0.15) is 11.4 Å². The number of hydrogen-bond donors (Lipinski definition) is 1. The summed E-state index contributed by atoms with van der Waals surface area (Å²) in [4.78, 5) is 17.1.